The van der Waals surface area contributed by atoms with Crippen LogP contribution < -0.4 is 10.5 Å². The molecule has 1 heterocycles. The van der Waals surface area contributed by atoms with Crippen LogP contribution in [0.3, 0.4) is 0 Å². The van der Waals surface area contributed by atoms with Gasteiger partial charge < -0.3 is 20.2 Å². The van der Waals surface area contributed by atoms with Gasteiger partial charge in [-0.1, -0.05) is 18.2 Å². The molecule has 124 valence electrons. The van der Waals surface area contributed by atoms with E-state index in [0.29, 0.717) is 17.9 Å². The fraction of sp³-hybridized carbons (Fsp3) is 0.211. The predicted octanol–water partition coefficient (Wildman–Crippen LogP) is 2.90. The first-order valence-corrected chi connectivity index (χ1v) is 7.79. The van der Waals surface area contributed by atoms with Gasteiger partial charge in [0.15, 0.2) is 0 Å². The Bertz CT molecular complexity index is 824. The first-order chi connectivity index (χ1) is 11.7. The highest BCUT2D eigenvalue weighted by Gasteiger charge is 2.10. The maximum absolute atomic E-state index is 11.4. The van der Waals surface area contributed by atoms with Crippen LogP contribution in [0.25, 0.3) is 10.9 Å². The van der Waals surface area contributed by atoms with Crippen LogP contribution in [0.4, 0.5) is 0 Å². The highest BCUT2D eigenvalue weighted by atomic mass is 16.5. The summed E-state index contributed by atoms with van der Waals surface area (Å²) >= 11 is 0. The van der Waals surface area contributed by atoms with Crippen LogP contribution >= 0.6 is 0 Å². The topological polar surface area (TPSA) is 77.3 Å². The lowest BCUT2D eigenvalue weighted by Crippen LogP contribution is -2.30. The molecule has 1 atom stereocenters. The van der Waals surface area contributed by atoms with Gasteiger partial charge in [-0.2, -0.15) is 0 Å². The van der Waals surface area contributed by atoms with Gasteiger partial charge >= 0.3 is 5.97 Å². The zero-order chi connectivity index (χ0) is 16.9. The minimum absolute atomic E-state index is 0.121. The molecule has 3 N–H and O–H groups in total. The van der Waals surface area contributed by atoms with Gasteiger partial charge in [-0.25, -0.2) is 4.79 Å². The van der Waals surface area contributed by atoms with Gasteiger partial charge in [-0.3, -0.25) is 0 Å². The van der Waals surface area contributed by atoms with Crippen molar-refractivity contribution in [2.45, 2.75) is 12.5 Å². The van der Waals surface area contributed by atoms with Gasteiger partial charge in [0.25, 0.3) is 0 Å². The number of aromatic nitrogens is 1. The Kier molecular flexibility index (Phi) is 4.82. The van der Waals surface area contributed by atoms with Crippen LogP contribution in [-0.2, 0) is 11.2 Å². The summed E-state index contributed by atoms with van der Waals surface area (Å²) in [6.07, 6.45) is 2.72. The number of ether oxygens (including phenoxy) is 2. The van der Waals surface area contributed by atoms with Crippen molar-refractivity contribution in [1.82, 2.24) is 4.98 Å². The molecule has 0 radical (unpaired) electrons. The molecular formula is C19H20N2O3. The Morgan fingerprint density at radius 1 is 1.17 bits per heavy atom. The third-order valence-corrected chi connectivity index (χ3v) is 3.90. The number of hydrogen-bond donors (Lipinski definition) is 2. The van der Waals surface area contributed by atoms with Gasteiger partial charge in [0.1, 0.15) is 12.4 Å². The average Bonchev–Trinajstić information content (AvgIpc) is 3.03. The fourth-order valence-corrected chi connectivity index (χ4v) is 2.65. The summed E-state index contributed by atoms with van der Waals surface area (Å²) in [5, 5.41) is 1.19. The first-order valence-electron chi connectivity index (χ1n) is 7.79. The number of nitrogens with one attached hydrogen (secondary N) is 1. The second-order valence-electron chi connectivity index (χ2n) is 5.65. The fourth-order valence-electron chi connectivity index (χ4n) is 2.65. The zero-order valence-corrected chi connectivity index (χ0v) is 13.5. The lowest BCUT2D eigenvalue weighted by Gasteiger charge is -2.13. The SMILES string of the molecule is COC(=O)c1ccc(OC[C@@H](N)Cc2c[nH]c3ccccc23)cc1. The molecule has 0 fully saturated rings. The number of H-pyrrole nitrogens is 1. The molecule has 0 aliphatic carbocycles. The number of fused-ring (bicyclic) bond motifs is 1. The van der Waals surface area contributed by atoms with E-state index in [9.17, 15) is 4.79 Å². The van der Waals surface area contributed by atoms with Crippen molar-refractivity contribution >= 4 is 16.9 Å². The molecular weight excluding hydrogens is 304 g/mol. The number of methoxy groups -OCH3 is 1. The van der Waals surface area contributed by atoms with Gasteiger partial charge in [0, 0.05) is 23.1 Å². The summed E-state index contributed by atoms with van der Waals surface area (Å²) in [7, 11) is 1.36. The van der Waals surface area contributed by atoms with Crippen molar-refractivity contribution in [3.8, 4) is 5.75 Å². The van der Waals surface area contributed by atoms with E-state index in [4.69, 9.17) is 10.5 Å². The normalized spacial score (nSPS) is 12.1. The number of nitrogens with two attached hydrogens (primary N) is 1. The Morgan fingerprint density at radius 3 is 2.67 bits per heavy atom. The molecule has 0 aliphatic heterocycles. The Balaban J connectivity index is 1.57. The molecule has 0 spiro atoms. The molecule has 3 aromatic rings. The Hall–Kier alpha value is -2.79. The van der Waals surface area contributed by atoms with E-state index in [0.717, 1.165) is 11.9 Å². The van der Waals surface area contributed by atoms with Crippen LogP contribution in [0.1, 0.15) is 15.9 Å². The zero-order valence-electron chi connectivity index (χ0n) is 13.5. The number of carbonyl (C=O) groups excluding carboxylic acids is 1. The monoisotopic (exact) mass is 324 g/mol. The molecule has 0 amide bonds. The number of esters is 1. The molecule has 1 aromatic heterocycles. The summed E-state index contributed by atoms with van der Waals surface area (Å²) < 4.78 is 10.4. The molecule has 2 aromatic carbocycles. The quantitative estimate of drug-likeness (QED) is 0.684. The van der Waals surface area contributed by atoms with Gasteiger partial charge in [-0.15, -0.1) is 0 Å². The number of benzene rings is 2. The minimum atomic E-state index is -0.363. The van der Waals surface area contributed by atoms with Crippen LogP contribution in [0.5, 0.6) is 5.75 Å². The van der Waals surface area contributed by atoms with E-state index in [1.54, 1.807) is 24.3 Å². The third-order valence-electron chi connectivity index (χ3n) is 3.90. The number of rotatable bonds is 6. The summed E-state index contributed by atoms with van der Waals surface area (Å²) in [5.74, 6) is 0.314. The molecule has 0 saturated heterocycles. The molecule has 5 nitrogen and oxygen atoms in total. The van der Waals surface area contributed by atoms with E-state index in [1.807, 2.05) is 24.4 Å². The summed E-state index contributed by atoms with van der Waals surface area (Å²) in [5.41, 5.74) is 8.98. The summed E-state index contributed by atoms with van der Waals surface area (Å²) in [4.78, 5) is 14.6. The van der Waals surface area contributed by atoms with Crippen LogP contribution in [-0.4, -0.2) is 30.7 Å². The molecule has 24 heavy (non-hydrogen) atoms. The maximum Gasteiger partial charge on any atom is 0.337 e. The van der Waals surface area contributed by atoms with Crippen molar-refractivity contribution in [2.75, 3.05) is 13.7 Å². The highest BCUT2D eigenvalue weighted by Crippen LogP contribution is 2.19. The highest BCUT2D eigenvalue weighted by molar-refractivity contribution is 5.89. The predicted molar refractivity (Wildman–Crippen MR) is 93.3 cm³/mol. The van der Waals surface area contributed by atoms with Crippen LogP contribution in [0.15, 0.2) is 54.7 Å². The molecule has 5 heteroatoms. The molecule has 0 saturated carbocycles. The van der Waals surface area contributed by atoms with Crippen molar-refractivity contribution in [1.29, 1.82) is 0 Å². The first kappa shape index (κ1) is 16.1. The summed E-state index contributed by atoms with van der Waals surface area (Å²) in [6, 6.07) is 14.9. The van der Waals surface area contributed by atoms with Gasteiger partial charge in [0.05, 0.1) is 12.7 Å². The van der Waals surface area contributed by atoms with Crippen molar-refractivity contribution in [2.24, 2.45) is 5.73 Å². The second-order valence-corrected chi connectivity index (χ2v) is 5.65. The van der Waals surface area contributed by atoms with Crippen LogP contribution in [0, 0.1) is 0 Å². The van der Waals surface area contributed by atoms with E-state index in [-0.39, 0.29) is 12.0 Å². The van der Waals surface area contributed by atoms with Crippen LogP contribution in [0.2, 0.25) is 0 Å². The van der Waals surface area contributed by atoms with E-state index >= 15 is 0 Å². The average molecular weight is 324 g/mol. The molecule has 0 bridgehead atoms. The van der Waals surface area contributed by atoms with Crippen molar-refractivity contribution < 1.29 is 14.3 Å². The molecule has 0 unspecified atom stereocenters. The number of aromatic amines is 1. The second kappa shape index (κ2) is 7.19. The van der Waals surface area contributed by atoms with E-state index in [1.165, 1.54) is 18.1 Å². The number of para-hydroxylation sites is 1. The lowest BCUT2D eigenvalue weighted by atomic mass is 10.1. The van der Waals surface area contributed by atoms with E-state index < -0.39 is 0 Å². The smallest absolute Gasteiger partial charge is 0.337 e. The number of carbonyl (C=O) groups is 1. The molecule has 3 rings (SSSR count). The Morgan fingerprint density at radius 2 is 1.92 bits per heavy atom. The van der Waals surface area contributed by atoms with E-state index in [2.05, 4.69) is 15.8 Å². The third kappa shape index (κ3) is 3.58. The lowest BCUT2D eigenvalue weighted by molar-refractivity contribution is 0.0600. The minimum Gasteiger partial charge on any atom is -0.492 e. The van der Waals surface area contributed by atoms with Crippen molar-refractivity contribution in [3.05, 3.63) is 65.9 Å². The molecule has 0 aliphatic rings. The number of hydrogen-bond acceptors (Lipinski definition) is 4. The van der Waals surface area contributed by atoms with Gasteiger partial charge in [0.2, 0.25) is 0 Å². The standard InChI is InChI=1S/C19H20N2O3/c1-23-19(22)13-6-8-16(9-7-13)24-12-15(20)10-14-11-21-18-5-3-2-4-17(14)18/h2-9,11,15,21H,10,12,20H2,1H3/t15-/m0/s1. The van der Waals surface area contributed by atoms with Crippen molar-refractivity contribution in [3.63, 3.8) is 0 Å². The Labute approximate surface area is 140 Å². The largest absolute Gasteiger partial charge is 0.492 e. The summed E-state index contributed by atoms with van der Waals surface area (Å²) in [6.45, 7) is 0.400. The maximum atomic E-state index is 11.4. The van der Waals surface area contributed by atoms with Gasteiger partial charge in [-0.05, 0) is 42.3 Å².